The van der Waals surface area contributed by atoms with Gasteiger partial charge in [-0.1, -0.05) is 0 Å². The zero-order valence-corrected chi connectivity index (χ0v) is 11.3. The Hall–Kier alpha value is -1.79. The van der Waals surface area contributed by atoms with E-state index in [0.717, 1.165) is 5.69 Å². The van der Waals surface area contributed by atoms with E-state index in [2.05, 4.69) is 0 Å². The van der Waals surface area contributed by atoms with E-state index >= 15 is 0 Å². The first-order valence-corrected chi connectivity index (χ1v) is 5.95. The summed E-state index contributed by atoms with van der Waals surface area (Å²) in [6.07, 6.45) is 0. The van der Waals surface area contributed by atoms with Gasteiger partial charge < -0.3 is 25.2 Å². The summed E-state index contributed by atoms with van der Waals surface area (Å²) >= 11 is 0. The number of rotatable bonds is 8. The number of methoxy groups -OCH3 is 2. The standard InChI is InChI=1S/C13H20N2O4/c1-18-7-5-15(6-8-19-2)10-3-4-11(13(16)17)12(14)9-10/h3-4,9H,5-8,14H2,1-2H3,(H,16,17). The Balaban J connectivity index is 2.88. The molecule has 0 bridgehead atoms. The highest BCUT2D eigenvalue weighted by molar-refractivity contribution is 5.94. The van der Waals surface area contributed by atoms with Gasteiger partial charge in [0, 0.05) is 38.7 Å². The number of nitrogens with zero attached hydrogens (tertiary/aromatic N) is 1. The minimum absolute atomic E-state index is 0.113. The number of anilines is 2. The highest BCUT2D eigenvalue weighted by Gasteiger charge is 2.11. The van der Waals surface area contributed by atoms with Gasteiger partial charge in [-0.25, -0.2) is 4.79 Å². The van der Waals surface area contributed by atoms with Crippen molar-refractivity contribution in [3.63, 3.8) is 0 Å². The van der Waals surface area contributed by atoms with Crippen molar-refractivity contribution in [2.75, 3.05) is 51.2 Å². The molecule has 0 aliphatic rings. The van der Waals surface area contributed by atoms with E-state index in [1.54, 1.807) is 26.4 Å². The summed E-state index contributed by atoms with van der Waals surface area (Å²) in [6, 6.07) is 4.92. The molecule has 0 aromatic heterocycles. The van der Waals surface area contributed by atoms with E-state index in [4.69, 9.17) is 20.3 Å². The van der Waals surface area contributed by atoms with Crippen LogP contribution < -0.4 is 10.6 Å². The van der Waals surface area contributed by atoms with Crippen LogP contribution in [0.25, 0.3) is 0 Å². The zero-order chi connectivity index (χ0) is 14.3. The van der Waals surface area contributed by atoms with Crippen LogP contribution in [0.2, 0.25) is 0 Å². The lowest BCUT2D eigenvalue weighted by Gasteiger charge is -2.24. The summed E-state index contributed by atoms with van der Waals surface area (Å²) in [5, 5.41) is 8.94. The van der Waals surface area contributed by atoms with Crippen molar-refractivity contribution >= 4 is 17.3 Å². The second-order valence-electron chi connectivity index (χ2n) is 4.05. The van der Waals surface area contributed by atoms with Crippen LogP contribution >= 0.6 is 0 Å². The molecule has 6 heteroatoms. The van der Waals surface area contributed by atoms with Gasteiger partial charge in [-0.05, 0) is 18.2 Å². The molecule has 0 spiro atoms. The first-order valence-electron chi connectivity index (χ1n) is 5.95. The topological polar surface area (TPSA) is 85.0 Å². The maximum atomic E-state index is 10.9. The normalized spacial score (nSPS) is 10.4. The van der Waals surface area contributed by atoms with Crippen molar-refractivity contribution in [3.8, 4) is 0 Å². The van der Waals surface area contributed by atoms with Crippen molar-refractivity contribution in [1.29, 1.82) is 0 Å². The monoisotopic (exact) mass is 268 g/mol. The van der Waals surface area contributed by atoms with Crippen molar-refractivity contribution in [3.05, 3.63) is 23.8 Å². The first-order chi connectivity index (χ1) is 9.10. The highest BCUT2D eigenvalue weighted by atomic mass is 16.5. The molecule has 19 heavy (non-hydrogen) atoms. The number of hydrogen-bond acceptors (Lipinski definition) is 5. The molecular weight excluding hydrogens is 248 g/mol. The van der Waals surface area contributed by atoms with Crippen molar-refractivity contribution in [2.45, 2.75) is 0 Å². The fraction of sp³-hybridized carbons (Fsp3) is 0.462. The smallest absolute Gasteiger partial charge is 0.337 e. The average Bonchev–Trinajstić information content (AvgIpc) is 2.38. The van der Waals surface area contributed by atoms with Crippen molar-refractivity contribution in [2.24, 2.45) is 0 Å². The lowest BCUT2D eigenvalue weighted by molar-refractivity contribution is 0.0698. The molecule has 0 amide bonds. The number of ether oxygens (including phenoxy) is 2. The number of hydrogen-bond donors (Lipinski definition) is 2. The molecule has 0 saturated heterocycles. The van der Waals surface area contributed by atoms with E-state index in [9.17, 15) is 4.79 Å². The minimum atomic E-state index is -1.02. The van der Waals surface area contributed by atoms with Crippen LogP contribution in [-0.2, 0) is 9.47 Å². The first kappa shape index (κ1) is 15.3. The van der Waals surface area contributed by atoms with Crippen LogP contribution in [0, 0.1) is 0 Å². The third-order valence-corrected chi connectivity index (χ3v) is 2.76. The van der Waals surface area contributed by atoms with E-state index in [1.165, 1.54) is 6.07 Å². The quantitative estimate of drug-likeness (QED) is 0.686. The van der Waals surface area contributed by atoms with E-state index in [-0.39, 0.29) is 11.3 Å². The summed E-state index contributed by atoms with van der Waals surface area (Å²) in [6.45, 7) is 2.52. The maximum absolute atomic E-state index is 10.9. The van der Waals surface area contributed by atoms with E-state index in [1.807, 2.05) is 4.90 Å². The third-order valence-electron chi connectivity index (χ3n) is 2.76. The Morgan fingerprint density at radius 2 is 1.84 bits per heavy atom. The third kappa shape index (κ3) is 4.42. The molecule has 1 aromatic rings. The number of benzene rings is 1. The van der Waals surface area contributed by atoms with Crippen LogP contribution in [0.1, 0.15) is 10.4 Å². The van der Waals surface area contributed by atoms with E-state index < -0.39 is 5.97 Å². The molecule has 3 N–H and O–H groups in total. The van der Waals surface area contributed by atoms with Crippen LogP contribution in [0.4, 0.5) is 11.4 Å². The van der Waals surface area contributed by atoms with Gasteiger partial charge in [0.2, 0.25) is 0 Å². The van der Waals surface area contributed by atoms with Gasteiger partial charge >= 0.3 is 5.97 Å². The fourth-order valence-electron chi connectivity index (χ4n) is 1.71. The van der Waals surface area contributed by atoms with Gasteiger partial charge in [0.15, 0.2) is 0 Å². The van der Waals surface area contributed by atoms with Crippen LogP contribution in [0.3, 0.4) is 0 Å². The Kier molecular flexibility index (Phi) is 6.11. The van der Waals surface area contributed by atoms with Crippen LogP contribution in [0.5, 0.6) is 0 Å². The van der Waals surface area contributed by atoms with Gasteiger partial charge in [-0.3, -0.25) is 0 Å². The maximum Gasteiger partial charge on any atom is 0.337 e. The summed E-state index contributed by atoms with van der Waals surface area (Å²) in [5.41, 5.74) is 6.97. The second-order valence-corrected chi connectivity index (χ2v) is 4.05. The molecule has 106 valence electrons. The SMILES string of the molecule is COCCN(CCOC)c1ccc(C(=O)O)c(N)c1. The Bertz CT molecular complexity index is 415. The van der Waals surface area contributed by atoms with Crippen molar-refractivity contribution < 1.29 is 19.4 Å². The number of nitrogens with two attached hydrogens (primary N) is 1. The van der Waals surface area contributed by atoms with Crippen LogP contribution in [-0.4, -0.2) is 51.6 Å². The zero-order valence-electron chi connectivity index (χ0n) is 11.3. The minimum Gasteiger partial charge on any atom is -0.478 e. The molecule has 0 heterocycles. The number of carboxylic acids is 1. The Morgan fingerprint density at radius 1 is 1.26 bits per heavy atom. The molecule has 0 saturated carbocycles. The Morgan fingerprint density at radius 3 is 2.26 bits per heavy atom. The summed E-state index contributed by atoms with van der Waals surface area (Å²) in [5.74, 6) is -1.02. The molecule has 1 rings (SSSR count). The molecule has 6 nitrogen and oxygen atoms in total. The van der Waals surface area contributed by atoms with Gasteiger partial charge in [-0.2, -0.15) is 0 Å². The van der Waals surface area contributed by atoms with Gasteiger partial charge in [-0.15, -0.1) is 0 Å². The number of carbonyl (C=O) groups is 1. The number of nitrogen functional groups attached to an aromatic ring is 1. The average molecular weight is 268 g/mol. The predicted molar refractivity (Wildman–Crippen MR) is 73.8 cm³/mol. The molecule has 0 atom stereocenters. The molecule has 0 radical (unpaired) electrons. The summed E-state index contributed by atoms with van der Waals surface area (Å²) in [7, 11) is 3.27. The molecule has 0 fully saturated rings. The summed E-state index contributed by atoms with van der Waals surface area (Å²) < 4.78 is 10.1. The van der Waals surface area contributed by atoms with Gasteiger partial charge in [0.1, 0.15) is 0 Å². The van der Waals surface area contributed by atoms with Gasteiger partial charge in [0.05, 0.1) is 18.8 Å². The second kappa shape index (κ2) is 7.60. The largest absolute Gasteiger partial charge is 0.478 e. The fourth-order valence-corrected chi connectivity index (χ4v) is 1.71. The molecular formula is C13H20N2O4. The molecule has 0 aliphatic carbocycles. The van der Waals surface area contributed by atoms with Gasteiger partial charge in [0.25, 0.3) is 0 Å². The molecule has 0 unspecified atom stereocenters. The highest BCUT2D eigenvalue weighted by Crippen LogP contribution is 2.21. The molecule has 1 aromatic carbocycles. The van der Waals surface area contributed by atoms with Crippen molar-refractivity contribution in [1.82, 2.24) is 0 Å². The Labute approximate surface area is 112 Å². The predicted octanol–water partition coefficient (Wildman–Crippen LogP) is 1.07. The van der Waals surface area contributed by atoms with Crippen LogP contribution in [0.15, 0.2) is 18.2 Å². The number of carboxylic acid groups (broad SMARTS) is 1. The lowest BCUT2D eigenvalue weighted by atomic mass is 10.1. The van der Waals surface area contributed by atoms with E-state index in [0.29, 0.717) is 26.3 Å². The molecule has 0 aliphatic heterocycles. The number of aromatic carboxylic acids is 1. The summed E-state index contributed by atoms with van der Waals surface area (Å²) in [4.78, 5) is 13.0. The lowest BCUT2D eigenvalue weighted by Crippen LogP contribution is -2.30.